The van der Waals surface area contributed by atoms with E-state index in [1.165, 1.54) is 13.2 Å². The molecule has 14 heavy (non-hydrogen) atoms. The highest BCUT2D eigenvalue weighted by Crippen LogP contribution is 2.15. The van der Waals surface area contributed by atoms with Crippen molar-refractivity contribution in [3.63, 3.8) is 0 Å². The monoisotopic (exact) mass is 199 g/mol. The lowest BCUT2D eigenvalue weighted by atomic mass is 10.2. The van der Waals surface area contributed by atoms with E-state index in [-0.39, 0.29) is 25.0 Å². The van der Waals surface area contributed by atoms with E-state index in [4.69, 9.17) is 9.84 Å². The van der Waals surface area contributed by atoms with Gasteiger partial charge >= 0.3 is 0 Å². The number of carbonyl (C=O) groups excluding carboxylic acids is 2. The maximum absolute atomic E-state index is 11.5. The van der Waals surface area contributed by atoms with Crippen molar-refractivity contribution in [1.29, 1.82) is 0 Å². The van der Waals surface area contributed by atoms with E-state index in [0.29, 0.717) is 5.57 Å². The second-order valence-corrected chi connectivity index (χ2v) is 3.13. The second kappa shape index (κ2) is 4.34. The molecule has 78 valence electrons. The SMILES string of the molecule is COCC(CO)N1C(=O)C=C(C)C1=O. The Bertz CT molecular complexity index is 285. The Morgan fingerprint density at radius 1 is 1.57 bits per heavy atom. The predicted molar refractivity (Wildman–Crippen MR) is 48.4 cm³/mol. The molecule has 0 fully saturated rings. The average Bonchev–Trinajstić information content (AvgIpc) is 2.39. The van der Waals surface area contributed by atoms with Gasteiger partial charge in [0.05, 0.1) is 19.3 Å². The highest BCUT2D eigenvalue weighted by Gasteiger charge is 2.34. The molecule has 2 amide bonds. The molecule has 1 atom stereocenters. The fourth-order valence-corrected chi connectivity index (χ4v) is 1.35. The minimum Gasteiger partial charge on any atom is -0.394 e. The summed E-state index contributed by atoms with van der Waals surface area (Å²) in [7, 11) is 1.45. The molecular formula is C9H13NO4. The summed E-state index contributed by atoms with van der Waals surface area (Å²) in [6, 6.07) is -0.589. The maximum atomic E-state index is 11.5. The van der Waals surface area contributed by atoms with Gasteiger partial charge in [-0.2, -0.15) is 0 Å². The van der Waals surface area contributed by atoms with Crippen molar-refractivity contribution in [2.24, 2.45) is 0 Å². The van der Waals surface area contributed by atoms with Crippen molar-refractivity contribution < 1.29 is 19.4 Å². The Morgan fingerprint density at radius 3 is 2.57 bits per heavy atom. The number of rotatable bonds is 4. The minimum absolute atomic E-state index is 0.148. The lowest BCUT2D eigenvalue weighted by molar-refractivity contribution is -0.142. The van der Waals surface area contributed by atoms with Crippen LogP contribution in [0.2, 0.25) is 0 Å². The van der Waals surface area contributed by atoms with Gasteiger partial charge in [-0.05, 0) is 6.92 Å². The first-order valence-electron chi connectivity index (χ1n) is 4.27. The van der Waals surface area contributed by atoms with Crippen LogP contribution >= 0.6 is 0 Å². The first-order chi connectivity index (χ1) is 6.61. The summed E-state index contributed by atoms with van der Waals surface area (Å²) in [5.41, 5.74) is 0.393. The third kappa shape index (κ3) is 1.83. The number of hydrogen-bond donors (Lipinski definition) is 1. The zero-order chi connectivity index (χ0) is 10.7. The minimum atomic E-state index is -0.589. The zero-order valence-electron chi connectivity index (χ0n) is 8.19. The molecule has 5 heteroatoms. The number of hydrogen-bond acceptors (Lipinski definition) is 4. The lowest BCUT2D eigenvalue weighted by Crippen LogP contribution is -2.45. The van der Waals surface area contributed by atoms with Crippen LogP contribution in [0, 0.1) is 0 Å². The molecule has 0 aromatic heterocycles. The number of imide groups is 1. The first kappa shape index (κ1) is 10.9. The van der Waals surface area contributed by atoms with Crippen molar-refractivity contribution in [2.75, 3.05) is 20.3 Å². The Hall–Kier alpha value is -1.20. The molecule has 1 rings (SSSR count). The van der Waals surface area contributed by atoms with Crippen LogP contribution in [-0.2, 0) is 14.3 Å². The molecule has 1 heterocycles. The molecule has 1 unspecified atom stereocenters. The molecule has 0 aliphatic carbocycles. The van der Waals surface area contributed by atoms with Crippen LogP contribution in [0.25, 0.3) is 0 Å². The number of amides is 2. The van der Waals surface area contributed by atoms with Gasteiger partial charge in [0.1, 0.15) is 0 Å². The first-order valence-corrected chi connectivity index (χ1v) is 4.27. The molecule has 0 saturated heterocycles. The summed E-state index contributed by atoms with van der Waals surface area (Å²) in [5, 5.41) is 8.99. The fraction of sp³-hybridized carbons (Fsp3) is 0.556. The van der Waals surface area contributed by atoms with Crippen LogP contribution in [0.1, 0.15) is 6.92 Å². The molecule has 1 aliphatic rings. The van der Waals surface area contributed by atoms with Crippen molar-refractivity contribution in [1.82, 2.24) is 4.90 Å². The van der Waals surface area contributed by atoms with Gasteiger partial charge in [0.2, 0.25) is 0 Å². The van der Waals surface area contributed by atoms with Gasteiger partial charge in [0, 0.05) is 18.8 Å². The van der Waals surface area contributed by atoms with E-state index < -0.39 is 6.04 Å². The number of carbonyl (C=O) groups is 2. The summed E-state index contributed by atoms with van der Waals surface area (Å²) in [6.45, 7) is 1.43. The van der Waals surface area contributed by atoms with E-state index >= 15 is 0 Å². The van der Waals surface area contributed by atoms with E-state index in [0.717, 1.165) is 4.90 Å². The van der Waals surface area contributed by atoms with Gasteiger partial charge in [0.25, 0.3) is 11.8 Å². The zero-order valence-corrected chi connectivity index (χ0v) is 8.19. The van der Waals surface area contributed by atoms with Gasteiger partial charge in [-0.1, -0.05) is 0 Å². The van der Waals surface area contributed by atoms with Gasteiger partial charge in [-0.3, -0.25) is 14.5 Å². The van der Waals surface area contributed by atoms with Crippen LogP contribution in [0.15, 0.2) is 11.6 Å². The standard InChI is InChI=1S/C9H13NO4/c1-6-3-8(12)10(9(6)13)7(4-11)5-14-2/h3,7,11H,4-5H2,1-2H3. The van der Waals surface area contributed by atoms with Crippen molar-refractivity contribution >= 4 is 11.8 Å². The Morgan fingerprint density at radius 2 is 2.21 bits per heavy atom. The number of nitrogens with zero attached hydrogens (tertiary/aromatic N) is 1. The molecule has 0 bridgehead atoms. The average molecular weight is 199 g/mol. The van der Waals surface area contributed by atoms with Crippen molar-refractivity contribution in [3.05, 3.63) is 11.6 Å². The third-order valence-electron chi connectivity index (χ3n) is 2.07. The van der Waals surface area contributed by atoms with Gasteiger partial charge in [-0.25, -0.2) is 0 Å². The molecule has 1 aliphatic heterocycles. The largest absolute Gasteiger partial charge is 0.394 e. The molecule has 0 saturated carbocycles. The van der Waals surface area contributed by atoms with Crippen molar-refractivity contribution in [2.45, 2.75) is 13.0 Å². The molecule has 1 N–H and O–H groups in total. The van der Waals surface area contributed by atoms with Gasteiger partial charge in [0.15, 0.2) is 0 Å². The van der Waals surface area contributed by atoms with Crippen molar-refractivity contribution in [3.8, 4) is 0 Å². The van der Waals surface area contributed by atoms with Crippen LogP contribution in [0.4, 0.5) is 0 Å². The van der Waals surface area contributed by atoms with E-state index in [2.05, 4.69) is 0 Å². The smallest absolute Gasteiger partial charge is 0.256 e. The summed E-state index contributed by atoms with van der Waals surface area (Å²) in [4.78, 5) is 23.8. The quantitative estimate of drug-likeness (QED) is 0.608. The summed E-state index contributed by atoms with van der Waals surface area (Å²) in [6.07, 6.45) is 1.26. The second-order valence-electron chi connectivity index (χ2n) is 3.13. The Labute approximate surface area is 82.0 Å². The number of aliphatic hydroxyl groups excluding tert-OH is 1. The van der Waals surface area contributed by atoms with Gasteiger partial charge < -0.3 is 9.84 Å². The maximum Gasteiger partial charge on any atom is 0.256 e. The Balaban J connectivity index is 2.78. The van der Waals surface area contributed by atoms with E-state index in [9.17, 15) is 9.59 Å². The summed E-state index contributed by atoms with van der Waals surface area (Å²) >= 11 is 0. The van der Waals surface area contributed by atoms with Crippen LogP contribution in [0.5, 0.6) is 0 Å². The van der Waals surface area contributed by atoms with Crippen LogP contribution < -0.4 is 0 Å². The summed E-state index contributed by atoms with van der Waals surface area (Å²) < 4.78 is 4.81. The third-order valence-corrected chi connectivity index (χ3v) is 2.07. The molecular weight excluding hydrogens is 186 g/mol. The predicted octanol–water partition coefficient (Wildman–Crippen LogP) is -0.691. The molecule has 0 radical (unpaired) electrons. The molecule has 0 spiro atoms. The van der Waals surface area contributed by atoms with E-state index in [1.807, 2.05) is 0 Å². The highest BCUT2D eigenvalue weighted by atomic mass is 16.5. The Kier molecular flexibility index (Phi) is 3.38. The van der Waals surface area contributed by atoms with Gasteiger partial charge in [-0.15, -0.1) is 0 Å². The number of ether oxygens (including phenoxy) is 1. The highest BCUT2D eigenvalue weighted by molar-refractivity contribution is 6.16. The normalized spacial score (nSPS) is 18.8. The van der Waals surface area contributed by atoms with Crippen LogP contribution in [-0.4, -0.2) is 48.2 Å². The molecule has 5 nitrogen and oxygen atoms in total. The molecule has 0 aromatic rings. The van der Waals surface area contributed by atoms with Crippen LogP contribution in [0.3, 0.4) is 0 Å². The number of methoxy groups -OCH3 is 1. The number of aliphatic hydroxyl groups is 1. The fourth-order valence-electron chi connectivity index (χ4n) is 1.35. The molecule has 0 aromatic carbocycles. The lowest BCUT2D eigenvalue weighted by Gasteiger charge is -2.23. The topological polar surface area (TPSA) is 66.8 Å². The van der Waals surface area contributed by atoms with E-state index in [1.54, 1.807) is 6.92 Å². The summed E-state index contributed by atoms with van der Waals surface area (Å²) in [5.74, 6) is -0.741.